The number of piperazine rings is 2. The number of nitrogens with zero attached hydrogens (tertiary/aromatic N) is 2. The van der Waals surface area contributed by atoms with Crippen LogP contribution in [0, 0.1) is 0 Å². The quantitative estimate of drug-likeness (QED) is 0.0855. The number of nitrogens with one attached hydrogen (secondary N) is 2. The molecule has 0 bridgehead atoms. The van der Waals surface area contributed by atoms with Crippen LogP contribution >= 0.6 is 0 Å². The summed E-state index contributed by atoms with van der Waals surface area (Å²) in [6.45, 7) is 23.8. The van der Waals surface area contributed by atoms with Crippen LogP contribution in [0.4, 0.5) is 0 Å². The van der Waals surface area contributed by atoms with Gasteiger partial charge in [-0.3, -0.25) is 4.79 Å². The van der Waals surface area contributed by atoms with E-state index >= 15 is 0 Å². The summed E-state index contributed by atoms with van der Waals surface area (Å²) in [6.07, 6.45) is 12.0. The summed E-state index contributed by atoms with van der Waals surface area (Å²) >= 11 is 0. The Morgan fingerprint density at radius 2 is 1.51 bits per heavy atom. The summed E-state index contributed by atoms with van der Waals surface area (Å²) in [5, 5.41) is 18.0. The van der Waals surface area contributed by atoms with Gasteiger partial charge in [0.1, 0.15) is 28.4 Å². The van der Waals surface area contributed by atoms with E-state index in [1.807, 2.05) is 19.9 Å². The summed E-state index contributed by atoms with van der Waals surface area (Å²) in [5.74, 6) is 1.32. The van der Waals surface area contributed by atoms with Crippen molar-refractivity contribution in [1.29, 1.82) is 0 Å². The Morgan fingerprint density at radius 3 is 2.10 bits per heavy atom. The highest BCUT2D eigenvalue weighted by molar-refractivity contribution is 5.86. The second-order valence-electron chi connectivity index (χ2n) is 13.8. The monoisotopic (exact) mass is 676 g/mol. The molecule has 49 heavy (non-hydrogen) atoms. The van der Waals surface area contributed by atoms with Crippen molar-refractivity contribution in [2.45, 2.75) is 72.6 Å². The van der Waals surface area contributed by atoms with Crippen LogP contribution in [-0.2, 0) is 11.2 Å². The summed E-state index contributed by atoms with van der Waals surface area (Å²) in [7, 11) is 0. The van der Waals surface area contributed by atoms with E-state index in [0.717, 1.165) is 109 Å². The molecule has 1 aromatic heterocycles. The van der Waals surface area contributed by atoms with Gasteiger partial charge in [-0.05, 0) is 90.9 Å². The number of unbranched alkanes of at least 4 members (excludes halogenated alkanes) is 2. The minimum atomic E-state index is -0.320. The molecule has 1 aromatic carbocycles. The Hall–Kier alpha value is -3.37. The lowest BCUT2D eigenvalue weighted by Crippen LogP contribution is -2.43. The smallest absolute Gasteiger partial charge is 0.204 e. The Labute approximate surface area is 293 Å². The lowest BCUT2D eigenvalue weighted by Gasteiger charge is -2.27. The fourth-order valence-corrected chi connectivity index (χ4v) is 6.30. The van der Waals surface area contributed by atoms with E-state index in [4.69, 9.17) is 13.9 Å². The summed E-state index contributed by atoms with van der Waals surface area (Å²) in [5.41, 5.74) is 3.36. The van der Waals surface area contributed by atoms with Crippen molar-refractivity contribution in [1.82, 2.24) is 20.4 Å². The SMILES string of the molecule is C=C(O)c1c(/C=C(\CCC=C(C)C)OCCCCN2CCNCC2)oc2cc(OCCCCN3CCNCC3)cc(CC=C(C)C)c2c1=O. The summed E-state index contributed by atoms with van der Waals surface area (Å²) in [4.78, 5) is 19.1. The van der Waals surface area contributed by atoms with Gasteiger partial charge in [0, 0.05) is 70.9 Å². The molecule has 4 rings (SSSR count). The van der Waals surface area contributed by atoms with Crippen LogP contribution in [0.1, 0.15) is 83.1 Å². The molecule has 0 saturated carbocycles. The van der Waals surface area contributed by atoms with Crippen molar-refractivity contribution in [2.24, 2.45) is 0 Å². The van der Waals surface area contributed by atoms with Gasteiger partial charge in [-0.15, -0.1) is 0 Å². The first-order chi connectivity index (χ1) is 23.7. The lowest BCUT2D eigenvalue weighted by atomic mass is 10.0. The number of ether oxygens (including phenoxy) is 2. The largest absolute Gasteiger partial charge is 0.508 e. The normalized spacial score (nSPS) is 16.0. The van der Waals surface area contributed by atoms with E-state index in [0.29, 0.717) is 48.5 Å². The third-order valence-corrected chi connectivity index (χ3v) is 9.04. The van der Waals surface area contributed by atoms with Gasteiger partial charge >= 0.3 is 0 Å². The molecule has 0 spiro atoms. The molecule has 9 heteroatoms. The molecule has 0 aliphatic carbocycles. The molecule has 2 aromatic rings. The molecular formula is C40H60N4O5. The number of rotatable bonds is 19. The highest BCUT2D eigenvalue weighted by Crippen LogP contribution is 2.30. The minimum absolute atomic E-state index is 0.0644. The van der Waals surface area contributed by atoms with Gasteiger partial charge in [0.05, 0.1) is 24.4 Å². The van der Waals surface area contributed by atoms with E-state index in [1.165, 1.54) is 5.57 Å². The van der Waals surface area contributed by atoms with Crippen LogP contribution in [0.5, 0.6) is 5.75 Å². The third-order valence-electron chi connectivity index (χ3n) is 9.04. The van der Waals surface area contributed by atoms with Gasteiger partial charge in [-0.1, -0.05) is 29.9 Å². The van der Waals surface area contributed by atoms with Crippen molar-refractivity contribution in [2.75, 3.05) is 78.7 Å². The number of hydrogen-bond acceptors (Lipinski definition) is 9. The first-order valence-electron chi connectivity index (χ1n) is 18.3. The minimum Gasteiger partial charge on any atom is -0.508 e. The van der Waals surface area contributed by atoms with Crippen LogP contribution in [0.15, 0.2) is 57.0 Å². The van der Waals surface area contributed by atoms with Gasteiger partial charge in [0.25, 0.3) is 0 Å². The molecule has 2 aliphatic heterocycles. The van der Waals surface area contributed by atoms with Crippen LogP contribution in [0.3, 0.4) is 0 Å². The van der Waals surface area contributed by atoms with E-state index in [2.05, 4.69) is 53.0 Å². The first kappa shape index (κ1) is 38.4. The lowest BCUT2D eigenvalue weighted by molar-refractivity contribution is 0.185. The fourth-order valence-electron chi connectivity index (χ4n) is 6.30. The van der Waals surface area contributed by atoms with Gasteiger partial charge < -0.3 is 39.4 Å². The Balaban J connectivity index is 1.58. The van der Waals surface area contributed by atoms with Crippen molar-refractivity contribution in [3.8, 4) is 5.75 Å². The molecule has 3 N–H and O–H groups in total. The van der Waals surface area contributed by atoms with Gasteiger partial charge in [-0.25, -0.2) is 0 Å². The van der Waals surface area contributed by atoms with Gasteiger partial charge in [0.15, 0.2) is 0 Å². The summed E-state index contributed by atoms with van der Waals surface area (Å²) < 4.78 is 19.1. The van der Waals surface area contributed by atoms with E-state index in [1.54, 1.807) is 12.1 Å². The average molecular weight is 677 g/mol. The number of aliphatic hydroxyl groups excluding tert-OH is 1. The third kappa shape index (κ3) is 12.8. The van der Waals surface area contributed by atoms with E-state index < -0.39 is 0 Å². The predicted molar refractivity (Wildman–Crippen MR) is 202 cm³/mol. The predicted octanol–water partition coefficient (Wildman–Crippen LogP) is 6.68. The van der Waals surface area contributed by atoms with Crippen LogP contribution in [0.25, 0.3) is 22.8 Å². The van der Waals surface area contributed by atoms with E-state index in [-0.39, 0.29) is 22.5 Å². The second kappa shape index (κ2) is 20.3. The molecule has 0 unspecified atom stereocenters. The number of benzene rings is 1. The highest BCUT2D eigenvalue weighted by Gasteiger charge is 2.20. The van der Waals surface area contributed by atoms with Crippen molar-refractivity contribution in [3.63, 3.8) is 0 Å². The average Bonchev–Trinajstić information content (AvgIpc) is 3.07. The van der Waals surface area contributed by atoms with Gasteiger partial charge in [0.2, 0.25) is 5.43 Å². The summed E-state index contributed by atoms with van der Waals surface area (Å²) in [6, 6.07) is 3.74. The molecule has 2 fully saturated rings. The zero-order valence-corrected chi connectivity index (χ0v) is 30.5. The molecule has 270 valence electrons. The number of fused-ring (bicyclic) bond motifs is 1. The maximum absolute atomic E-state index is 14.1. The standard InChI is InChI=1S/C40H60N4O5/c1-30(2)11-10-12-34(47-25-8-6-19-43-21-15-41-16-22-43)28-36-38(32(5)45)40(46)39-33(14-13-31(3)4)27-35(29-37(39)49-36)48-26-9-7-20-44-23-17-42-18-24-44/h11,13,27-29,41-42,45H,5-10,12,14-26H2,1-4H3/b34-28+. The number of aliphatic hydroxyl groups is 1. The Bertz CT molecular complexity index is 1500. The van der Waals surface area contributed by atoms with E-state index in [9.17, 15) is 9.90 Å². The molecule has 0 amide bonds. The van der Waals surface area contributed by atoms with Crippen molar-refractivity contribution in [3.05, 3.63) is 74.9 Å². The zero-order chi connectivity index (χ0) is 35.0. The maximum Gasteiger partial charge on any atom is 0.204 e. The zero-order valence-electron chi connectivity index (χ0n) is 30.5. The number of hydrogen-bond donors (Lipinski definition) is 3. The van der Waals surface area contributed by atoms with Crippen LogP contribution in [0.2, 0.25) is 0 Å². The van der Waals surface area contributed by atoms with Crippen molar-refractivity contribution >= 4 is 22.8 Å². The molecule has 2 aliphatic rings. The van der Waals surface area contributed by atoms with Crippen molar-refractivity contribution < 1.29 is 19.0 Å². The molecule has 2 saturated heterocycles. The highest BCUT2D eigenvalue weighted by atomic mass is 16.5. The second-order valence-corrected chi connectivity index (χ2v) is 13.8. The maximum atomic E-state index is 14.1. The molecule has 0 radical (unpaired) electrons. The molecular weight excluding hydrogens is 616 g/mol. The molecule has 0 atom stereocenters. The number of allylic oxidation sites excluding steroid dienone is 5. The first-order valence-corrected chi connectivity index (χ1v) is 18.3. The van der Waals surface area contributed by atoms with Gasteiger partial charge in [-0.2, -0.15) is 0 Å². The van der Waals surface area contributed by atoms with Crippen LogP contribution in [-0.4, -0.2) is 93.6 Å². The molecule has 3 heterocycles. The molecule has 9 nitrogen and oxygen atoms in total. The van der Waals surface area contributed by atoms with Crippen LogP contribution < -0.4 is 20.8 Å². The fraction of sp³-hybridized carbons (Fsp3) is 0.575. The Morgan fingerprint density at radius 1 is 0.898 bits per heavy atom. The Kier molecular flexibility index (Phi) is 16.0. The topological polar surface area (TPSA) is 99.4 Å².